The van der Waals surface area contributed by atoms with E-state index in [-0.39, 0.29) is 11.9 Å². The number of carbonyl (C=O) groups is 1. The maximum atomic E-state index is 12.8. The normalized spacial score (nSPS) is 18.1. The fourth-order valence-electron chi connectivity index (χ4n) is 2.62. The van der Waals surface area contributed by atoms with Crippen LogP contribution in [0.1, 0.15) is 25.2 Å². The number of amides is 1. The lowest BCUT2D eigenvalue weighted by atomic mass is 10.0. The van der Waals surface area contributed by atoms with Crippen LogP contribution in [-0.2, 0) is 17.8 Å². The molecule has 1 atom stereocenters. The average molecular weight is 293 g/mol. The van der Waals surface area contributed by atoms with Crippen molar-refractivity contribution in [3.8, 4) is 0 Å². The van der Waals surface area contributed by atoms with Crippen LogP contribution in [0, 0.1) is 5.92 Å². The van der Waals surface area contributed by atoms with Gasteiger partial charge in [0.25, 0.3) is 0 Å². The molecular formula is C15H27N5O. The number of fused-ring (bicyclic) bond motifs is 1. The predicted octanol–water partition coefficient (Wildman–Crippen LogP) is 0.470. The van der Waals surface area contributed by atoms with Crippen molar-refractivity contribution in [1.29, 1.82) is 0 Å². The number of likely N-dealkylation sites (N-methyl/N-ethyl adjacent to an activating group) is 1. The van der Waals surface area contributed by atoms with Crippen LogP contribution < -0.4 is 5.32 Å². The number of nitrogens with one attached hydrogen (secondary N) is 2. The summed E-state index contributed by atoms with van der Waals surface area (Å²) in [5.74, 6) is 0.667. The quantitative estimate of drug-likeness (QED) is 0.800. The van der Waals surface area contributed by atoms with E-state index in [1.807, 2.05) is 19.0 Å². The van der Waals surface area contributed by atoms with Gasteiger partial charge in [0.1, 0.15) is 0 Å². The molecule has 0 radical (unpaired) electrons. The highest BCUT2D eigenvalue weighted by atomic mass is 16.2. The van der Waals surface area contributed by atoms with Gasteiger partial charge in [-0.3, -0.25) is 10.1 Å². The van der Waals surface area contributed by atoms with Crippen molar-refractivity contribution in [2.75, 3.05) is 33.7 Å². The molecule has 2 N–H and O–H groups in total. The van der Waals surface area contributed by atoms with Crippen molar-refractivity contribution in [3.05, 3.63) is 17.7 Å². The SMILES string of the molecule is CC(C)CN(CCN(C)C)C(=O)C1Cc2nc[nH]c2CN1. The summed E-state index contributed by atoms with van der Waals surface area (Å²) in [6.07, 6.45) is 2.38. The van der Waals surface area contributed by atoms with E-state index in [1.165, 1.54) is 0 Å². The molecule has 0 fully saturated rings. The van der Waals surface area contributed by atoms with Crippen molar-refractivity contribution in [1.82, 2.24) is 25.1 Å². The van der Waals surface area contributed by atoms with Gasteiger partial charge in [0.15, 0.2) is 0 Å². The molecule has 1 unspecified atom stereocenters. The van der Waals surface area contributed by atoms with Crippen LogP contribution in [0.5, 0.6) is 0 Å². The average Bonchev–Trinajstić information content (AvgIpc) is 2.89. The fraction of sp³-hybridized carbons (Fsp3) is 0.733. The molecule has 6 nitrogen and oxygen atoms in total. The summed E-state index contributed by atoms with van der Waals surface area (Å²) in [6, 6.07) is -0.151. The Morgan fingerprint density at radius 3 is 2.86 bits per heavy atom. The Kier molecular flexibility index (Phi) is 5.36. The molecule has 21 heavy (non-hydrogen) atoms. The zero-order valence-electron chi connectivity index (χ0n) is 13.5. The molecule has 1 aromatic rings. The molecule has 0 saturated carbocycles. The molecule has 1 aliphatic heterocycles. The molecule has 0 spiro atoms. The fourth-order valence-corrected chi connectivity index (χ4v) is 2.62. The molecule has 6 heteroatoms. The van der Waals surface area contributed by atoms with E-state index in [1.54, 1.807) is 6.33 Å². The third-order valence-electron chi connectivity index (χ3n) is 3.74. The second-order valence-electron chi connectivity index (χ2n) is 6.45. The second kappa shape index (κ2) is 7.04. The first-order valence-electron chi connectivity index (χ1n) is 7.65. The van der Waals surface area contributed by atoms with E-state index in [0.717, 1.165) is 31.0 Å². The summed E-state index contributed by atoms with van der Waals surface area (Å²) in [4.78, 5) is 24.3. The summed E-state index contributed by atoms with van der Waals surface area (Å²) in [5, 5.41) is 3.33. The topological polar surface area (TPSA) is 64.3 Å². The number of carbonyl (C=O) groups excluding carboxylic acids is 1. The molecule has 2 heterocycles. The van der Waals surface area contributed by atoms with Gasteiger partial charge >= 0.3 is 0 Å². The summed E-state index contributed by atoms with van der Waals surface area (Å²) < 4.78 is 0. The van der Waals surface area contributed by atoms with Gasteiger partial charge in [0, 0.05) is 32.6 Å². The third kappa shape index (κ3) is 4.28. The first-order valence-corrected chi connectivity index (χ1v) is 7.65. The zero-order chi connectivity index (χ0) is 15.4. The van der Waals surface area contributed by atoms with Gasteiger partial charge in [0.2, 0.25) is 5.91 Å². The van der Waals surface area contributed by atoms with Gasteiger partial charge in [-0.15, -0.1) is 0 Å². The zero-order valence-corrected chi connectivity index (χ0v) is 13.5. The first kappa shape index (κ1) is 16.0. The third-order valence-corrected chi connectivity index (χ3v) is 3.74. The Morgan fingerprint density at radius 2 is 2.19 bits per heavy atom. The van der Waals surface area contributed by atoms with Crippen molar-refractivity contribution >= 4 is 5.91 Å². The smallest absolute Gasteiger partial charge is 0.240 e. The summed E-state index contributed by atoms with van der Waals surface area (Å²) in [5.41, 5.74) is 2.12. The maximum Gasteiger partial charge on any atom is 0.240 e. The molecule has 1 amide bonds. The molecule has 0 bridgehead atoms. The highest BCUT2D eigenvalue weighted by molar-refractivity contribution is 5.82. The van der Waals surface area contributed by atoms with Gasteiger partial charge in [-0.1, -0.05) is 13.8 Å². The molecule has 1 aliphatic rings. The minimum Gasteiger partial charge on any atom is -0.347 e. The van der Waals surface area contributed by atoms with Crippen LogP contribution >= 0.6 is 0 Å². The lowest BCUT2D eigenvalue weighted by molar-refractivity contribution is -0.134. The Hall–Kier alpha value is -1.40. The highest BCUT2D eigenvalue weighted by Gasteiger charge is 2.29. The summed E-state index contributed by atoms with van der Waals surface area (Å²) in [6.45, 7) is 7.45. The molecular weight excluding hydrogens is 266 g/mol. The molecule has 2 rings (SSSR count). The number of imidazole rings is 1. The lowest BCUT2D eigenvalue weighted by Gasteiger charge is -2.31. The molecule has 0 aliphatic carbocycles. The lowest BCUT2D eigenvalue weighted by Crippen LogP contribution is -2.51. The van der Waals surface area contributed by atoms with Crippen LogP contribution in [0.4, 0.5) is 0 Å². The second-order valence-corrected chi connectivity index (χ2v) is 6.45. The van der Waals surface area contributed by atoms with Crippen LogP contribution in [0.25, 0.3) is 0 Å². The van der Waals surface area contributed by atoms with Crippen LogP contribution in [0.2, 0.25) is 0 Å². The van der Waals surface area contributed by atoms with Crippen LogP contribution in [-0.4, -0.2) is 65.4 Å². The number of H-pyrrole nitrogens is 1. The number of hydrogen-bond acceptors (Lipinski definition) is 4. The number of aromatic nitrogens is 2. The number of aromatic amines is 1. The Labute approximate surface area is 126 Å². The Morgan fingerprint density at radius 1 is 1.43 bits per heavy atom. The summed E-state index contributed by atoms with van der Waals surface area (Å²) in [7, 11) is 4.07. The first-order chi connectivity index (χ1) is 9.97. The molecule has 0 aromatic carbocycles. The number of hydrogen-bond donors (Lipinski definition) is 2. The van der Waals surface area contributed by atoms with Crippen molar-refractivity contribution in [2.24, 2.45) is 5.92 Å². The highest BCUT2D eigenvalue weighted by Crippen LogP contribution is 2.14. The molecule has 0 saturated heterocycles. The van der Waals surface area contributed by atoms with Crippen LogP contribution in [0.15, 0.2) is 6.33 Å². The van der Waals surface area contributed by atoms with E-state index in [2.05, 4.69) is 34.0 Å². The molecule has 118 valence electrons. The number of rotatable bonds is 6. The molecule has 1 aromatic heterocycles. The van der Waals surface area contributed by atoms with Crippen molar-refractivity contribution < 1.29 is 4.79 Å². The van der Waals surface area contributed by atoms with Crippen molar-refractivity contribution in [3.63, 3.8) is 0 Å². The van der Waals surface area contributed by atoms with E-state index < -0.39 is 0 Å². The van der Waals surface area contributed by atoms with E-state index in [4.69, 9.17) is 0 Å². The van der Waals surface area contributed by atoms with Gasteiger partial charge in [-0.2, -0.15) is 0 Å². The largest absolute Gasteiger partial charge is 0.347 e. The minimum absolute atomic E-state index is 0.151. The van der Waals surface area contributed by atoms with Gasteiger partial charge in [0.05, 0.1) is 23.8 Å². The standard InChI is InChI=1S/C15H27N5O/c1-11(2)9-20(6-5-19(3)4)15(21)13-7-12-14(8-16-13)18-10-17-12/h10-11,13,16H,5-9H2,1-4H3,(H,17,18). The predicted molar refractivity (Wildman–Crippen MR) is 82.9 cm³/mol. The van der Waals surface area contributed by atoms with E-state index in [9.17, 15) is 4.79 Å². The van der Waals surface area contributed by atoms with Crippen molar-refractivity contribution in [2.45, 2.75) is 32.9 Å². The van der Waals surface area contributed by atoms with Gasteiger partial charge in [-0.05, 0) is 20.0 Å². The minimum atomic E-state index is -0.151. The van der Waals surface area contributed by atoms with E-state index in [0.29, 0.717) is 18.9 Å². The van der Waals surface area contributed by atoms with Crippen LogP contribution in [0.3, 0.4) is 0 Å². The van der Waals surface area contributed by atoms with E-state index >= 15 is 0 Å². The Bertz CT molecular complexity index is 468. The van der Waals surface area contributed by atoms with Gasteiger partial charge < -0.3 is 14.8 Å². The monoisotopic (exact) mass is 293 g/mol. The number of nitrogens with zero attached hydrogens (tertiary/aromatic N) is 3. The maximum absolute atomic E-state index is 12.8. The summed E-state index contributed by atoms with van der Waals surface area (Å²) >= 11 is 0. The Balaban J connectivity index is 2.00. The van der Waals surface area contributed by atoms with Gasteiger partial charge in [-0.25, -0.2) is 4.98 Å².